The van der Waals surface area contributed by atoms with Gasteiger partial charge in [0.05, 0.1) is 18.3 Å². The van der Waals surface area contributed by atoms with Crippen LogP contribution in [0.5, 0.6) is 0 Å². The van der Waals surface area contributed by atoms with Crippen LogP contribution < -0.4 is 0 Å². The zero-order valence-corrected chi connectivity index (χ0v) is 14.1. The maximum atomic E-state index is 4.56. The van der Waals surface area contributed by atoms with Crippen molar-refractivity contribution in [2.75, 3.05) is 7.05 Å². The van der Waals surface area contributed by atoms with Crippen LogP contribution in [-0.2, 0) is 13.1 Å². The second-order valence-corrected chi connectivity index (χ2v) is 5.80. The molecule has 6 nitrogen and oxygen atoms in total. The Kier molecular flexibility index (Phi) is 5.28. The SMILES string of the molecule is CCCn1nnnc1CN(C)[C@H](c1ccccc1)c1ccccn1. The molecule has 0 saturated heterocycles. The first-order valence-corrected chi connectivity index (χ1v) is 8.20. The molecular formula is C18H22N6. The summed E-state index contributed by atoms with van der Waals surface area (Å²) < 4.78 is 1.87. The van der Waals surface area contributed by atoms with Gasteiger partial charge in [-0.25, -0.2) is 4.68 Å². The summed E-state index contributed by atoms with van der Waals surface area (Å²) in [6.07, 6.45) is 2.84. The number of aryl methyl sites for hydroxylation is 1. The quantitative estimate of drug-likeness (QED) is 0.669. The molecule has 0 aliphatic carbocycles. The van der Waals surface area contributed by atoms with Gasteiger partial charge in [-0.15, -0.1) is 5.10 Å². The first-order chi connectivity index (χ1) is 11.8. The molecule has 0 bridgehead atoms. The van der Waals surface area contributed by atoms with E-state index in [1.807, 2.05) is 29.1 Å². The van der Waals surface area contributed by atoms with Crippen molar-refractivity contribution in [3.05, 3.63) is 71.8 Å². The summed E-state index contributed by atoms with van der Waals surface area (Å²) in [5, 5.41) is 12.1. The summed E-state index contributed by atoms with van der Waals surface area (Å²) in [7, 11) is 2.08. The molecule has 0 unspecified atom stereocenters. The first kappa shape index (κ1) is 16.3. The number of rotatable bonds is 7. The maximum absolute atomic E-state index is 4.56. The molecule has 0 radical (unpaired) electrons. The van der Waals surface area contributed by atoms with Gasteiger partial charge in [0.15, 0.2) is 5.82 Å². The molecule has 24 heavy (non-hydrogen) atoms. The zero-order valence-electron chi connectivity index (χ0n) is 14.1. The lowest BCUT2D eigenvalue weighted by Gasteiger charge is -2.27. The highest BCUT2D eigenvalue weighted by Gasteiger charge is 2.22. The van der Waals surface area contributed by atoms with Gasteiger partial charge in [0.1, 0.15) is 0 Å². The molecule has 2 aromatic heterocycles. The number of hydrogen-bond acceptors (Lipinski definition) is 5. The fraction of sp³-hybridized carbons (Fsp3) is 0.333. The summed E-state index contributed by atoms with van der Waals surface area (Å²) in [5.74, 6) is 0.871. The van der Waals surface area contributed by atoms with Crippen molar-refractivity contribution >= 4 is 0 Å². The van der Waals surface area contributed by atoms with E-state index < -0.39 is 0 Å². The standard InChI is InChI=1S/C18H22N6/c1-3-13-24-17(20-21-22-24)14-23(2)18(15-9-5-4-6-10-15)16-11-7-8-12-19-16/h4-12,18H,3,13-14H2,1-2H3/t18-/m1/s1. The number of pyridine rings is 1. The second kappa shape index (κ2) is 7.79. The van der Waals surface area contributed by atoms with Gasteiger partial charge in [0.2, 0.25) is 0 Å². The molecule has 6 heteroatoms. The van der Waals surface area contributed by atoms with Crippen LogP contribution in [0, 0.1) is 0 Å². The predicted molar refractivity (Wildman–Crippen MR) is 92.1 cm³/mol. The molecule has 1 atom stereocenters. The monoisotopic (exact) mass is 322 g/mol. The highest BCUT2D eigenvalue weighted by atomic mass is 15.5. The molecule has 3 aromatic rings. The molecule has 3 rings (SSSR count). The summed E-state index contributed by atoms with van der Waals surface area (Å²) in [4.78, 5) is 6.80. The predicted octanol–water partition coefficient (Wildman–Crippen LogP) is 2.70. The Morgan fingerprint density at radius 1 is 1.08 bits per heavy atom. The Labute approximate surface area is 142 Å². The maximum Gasteiger partial charge on any atom is 0.165 e. The molecule has 0 spiro atoms. The van der Waals surface area contributed by atoms with Crippen molar-refractivity contribution in [1.82, 2.24) is 30.1 Å². The summed E-state index contributed by atoms with van der Waals surface area (Å²) >= 11 is 0. The Morgan fingerprint density at radius 3 is 2.58 bits per heavy atom. The van der Waals surface area contributed by atoms with Gasteiger partial charge in [0.25, 0.3) is 0 Å². The van der Waals surface area contributed by atoms with Gasteiger partial charge < -0.3 is 0 Å². The Morgan fingerprint density at radius 2 is 1.88 bits per heavy atom. The average molecular weight is 322 g/mol. The molecule has 0 saturated carbocycles. The van der Waals surface area contributed by atoms with Crippen molar-refractivity contribution in [2.24, 2.45) is 0 Å². The van der Waals surface area contributed by atoms with Crippen molar-refractivity contribution in [3.63, 3.8) is 0 Å². The van der Waals surface area contributed by atoms with E-state index in [0.29, 0.717) is 6.54 Å². The summed E-state index contributed by atoms with van der Waals surface area (Å²) in [5.41, 5.74) is 2.22. The minimum Gasteiger partial charge on any atom is -0.287 e. The van der Waals surface area contributed by atoms with E-state index in [1.54, 1.807) is 0 Å². The lowest BCUT2D eigenvalue weighted by molar-refractivity contribution is 0.253. The van der Waals surface area contributed by atoms with E-state index in [2.05, 4.69) is 69.7 Å². The van der Waals surface area contributed by atoms with Gasteiger partial charge in [-0.3, -0.25) is 9.88 Å². The van der Waals surface area contributed by atoms with Gasteiger partial charge >= 0.3 is 0 Å². The van der Waals surface area contributed by atoms with Crippen LogP contribution in [0.4, 0.5) is 0 Å². The molecule has 0 N–H and O–H groups in total. The minimum atomic E-state index is 0.0548. The van der Waals surface area contributed by atoms with Crippen LogP contribution in [0.3, 0.4) is 0 Å². The van der Waals surface area contributed by atoms with Gasteiger partial charge in [0, 0.05) is 12.7 Å². The van der Waals surface area contributed by atoms with Crippen LogP contribution in [0.2, 0.25) is 0 Å². The second-order valence-electron chi connectivity index (χ2n) is 5.80. The van der Waals surface area contributed by atoms with E-state index in [0.717, 1.165) is 24.5 Å². The molecular weight excluding hydrogens is 300 g/mol. The van der Waals surface area contributed by atoms with Crippen LogP contribution in [0.25, 0.3) is 0 Å². The largest absolute Gasteiger partial charge is 0.287 e. The van der Waals surface area contributed by atoms with Gasteiger partial charge in [-0.2, -0.15) is 0 Å². The Bertz CT molecular complexity index is 701. The third kappa shape index (κ3) is 3.65. The normalized spacial score (nSPS) is 12.5. The molecule has 2 heterocycles. The van der Waals surface area contributed by atoms with Crippen molar-refractivity contribution in [2.45, 2.75) is 32.5 Å². The zero-order chi connectivity index (χ0) is 16.8. The highest BCUT2D eigenvalue weighted by Crippen LogP contribution is 2.26. The Balaban J connectivity index is 1.89. The molecule has 0 aliphatic heterocycles. The fourth-order valence-electron chi connectivity index (χ4n) is 2.86. The van der Waals surface area contributed by atoms with Crippen LogP contribution >= 0.6 is 0 Å². The number of aromatic nitrogens is 5. The molecule has 0 aliphatic rings. The summed E-state index contributed by atoms with van der Waals surface area (Å²) in [6.45, 7) is 3.61. The topological polar surface area (TPSA) is 59.7 Å². The average Bonchev–Trinajstić information content (AvgIpc) is 3.04. The summed E-state index contributed by atoms with van der Waals surface area (Å²) in [6, 6.07) is 16.5. The Hall–Kier alpha value is -2.60. The van der Waals surface area contributed by atoms with Gasteiger partial charge in [-0.05, 0) is 41.6 Å². The molecule has 1 aromatic carbocycles. The van der Waals surface area contributed by atoms with E-state index >= 15 is 0 Å². The number of tetrazole rings is 1. The molecule has 0 amide bonds. The van der Waals surface area contributed by atoms with E-state index in [9.17, 15) is 0 Å². The van der Waals surface area contributed by atoms with Crippen molar-refractivity contribution < 1.29 is 0 Å². The van der Waals surface area contributed by atoms with Crippen LogP contribution in [-0.4, -0.2) is 37.1 Å². The first-order valence-electron chi connectivity index (χ1n) is 8.20. The van der Waals surface area contributed by atoms with E-state index in [-0.39, 0.29) is 6.04 Å². The lowest BCUT2D eigenvalue weighted by atomic mass is 10.0. The van der Waals surface area contributed by atoms with Crippen LogP contribution in [0.15, 0.2) is 54.7 Å². The third-order valence-corrected chi connectivity index (χ3v) is 3.96. The number of nitrogens with zero attached hydrogens (tertiary/aromatic N) is 6. The number of hydrogen-bond donors (Lipinski definition) is 0. The minimum absolute atomic E-state index is 0.0548. The van der Waals surface area contributed by atoms with Crippen molar-refractivity contribution in [3.8, 4) is 0 Å². The van der Waals surface area contributed by atoms with Crippen molar-refractivity contribution in [1.29, 1.82) is 0 Å². The van der Waals surface area contributed by atoms with Gasteiger partial charge in [-0.1, -0.05) is 43.3 Å². The fourth-order valence-corrected chi connectivity index (χ4v) is 2.86. The van der Waals surface area contributed by atoms with E-state index in [4.69, 9.17) is 0 Å². The van der Waals surface area contributed by atoms with Crippen LogP contribution in [0.1, 0.15) is 36.5 Å². The lowest BCUT2D eigenvalue weighted by Crippen LogP contribution is -2.27. The van der Waals surface area contributed by atoms with E-state index in [1.165, 1.54) is 5.56 Å². The highest BCUT2D eigenvalue weighted by molar-refractivity contribution is 5.27. The number of benzene rings is 1. The molecule has 0 fully saturated rings. The smallest absolute Gasteiger partial charge is 0.165 e. The molecule has 124 valence electrons. The third-order valence-electron chi connectivity index (χ3n) is 3.96.